The number of hydrogen-bond donors (Lipinski definition) is 0. The largest absolute Gasteiger partial charge is 0.0890 e. The van der Waals surface area contributed by atoms with E-state index in [0.717, 1.165) is 22.7 Å². The standard InChI is InChI=1S/C17H17ClS/c1-12-6-7-15(13(2)8-12)11-17(19)10-14-4-3-5-16(18)9-14/h3-9H,10-11H2,1-2H3. The third kappa shape index (κ3) is 4.15. The van der Waals surface area contributed by atoms with Gasteiger partial charge in [0.25, 0.3) is 0 Å². The van der Waals surface area contributed by atoms with Crippen molar-refractivity contribution in [3.63, 3.8) is 0 Å². The summed E-state index contributed by atoms with van der Waals surface area (Å²) in [4.78, 5) is 1.05. The molecule has 0 amide bonds. The summed E-state index contributed by atoms with van der Waals surface area (Å²) in [6, 6.07) is 14.4. The molecule has 2 aromatic carbocycles. The minimum Gasteiger partial charge on any atom is -0.0890 e. The first-order chi connectivity index (χ1) is 9.04. The number of rotatable bonds is 4. The van der Waals surface area contributed by atoms with Crippen molar-refractivity contribution >= 4 is 28.7 Å². The molecule has 0 saturated heterocycles. The van der Waals surface area contributed by atoms with E-state index in [1.165, 1.54) is 22.3 Å². The highest BCUT2D eigenvalue weighted by atomic mass is 35.5. The molecule has 0 bridgehead atoms. The summed E-state index contributed by atoms with van der Waals surface area (Å²) in [7, 11) is 0. The highest BCUT2D eigenvalue weighted by Crippen LogP contribution is 2.15. The minimum absolute atomic E-state index is 0.770. The lowest BCUT2D eigenvalue weighted by molar-refractivity contribution is 1.20. The molecule has 0 unspecified atom stereocenters. The molecule has 0 radical (unpaired) electrons. The second-order valence-electron chi connectivity index (χ2n) is 4.95. The first-order valence-electron chi connectivity index (χ1n) is 6.37. The quantitative estimate of drug-likeness (QED) is 0.704. The normalized spacial score (nSPS) is 10.5. The van der Waals surface area contributed by atoms with Crippen molar-refractivity contribution in [1.82, 2.24) is 0 Å². The zero-order valence-corrected chi connectivity index (χ0v) is 12.8. The Morgan fingerprint density at radius 2 is 1.84 bits per heavy atom. The van der Waals surface area contributed by atoms with Gasteiger partial charge in [0.1, 0.15) is 0 Å². The molecule has 98 valence electrons. The summed E-state index contributed by atoms with van der Waals surface area (Å²) in [5, 5.41) is 0.770. The zero-order valence-electron chi connectivity index (χ0n) is 11.2. The smallest absolute Gasteiger partial charge is 0.0408 e. The van der Waals surface area contributed by atoms with Crippen molar-refractivity contribution in [1.29, 1.82) is 0 Å². The Morgan fingerprint density at radius 3 is 2.53 bits per heavy atom. The van der Waals surface area contributed by atoms with Gasteiger partial charge in [-0.15, -0.1) is 0 Å². The van der Waals surface area contributed by atoms with E-state index in [1.54, 1.807) is 0 Å². The number of hydrogen-bond acceptors (Lipinski definition) is 1. The molecule has 0 saturated carbocycles. The Hall–Kier alpha value is -1.18. The van der Waals surface area contributed by atoms with Gasteiger partial charge in [-0.1, -0.05) is 59.7 Å². The van der Waals surface area contributed by atoms with Crippen LogP contribution in [0.1, 0.15) is 22.3 Å². The maximum absolute atomic E-state index is 5.99. The predicted molar refractivity (Wildman–Crippen MR) is 87.4 cm³/mol. The molecular formula is C17H17ClS. The number of aryl methyl sites for hydroxylation is 2. The Bertz CT molecular complexity index is 602. The van der Waals surface area contributed by atoms with Crippen molar-refractivity contribution in [2.45, 2.75) is 26.7 Å². The van der Waals surface area contributed by atoms with E-state index < -0.39 is 0 Å². The summed E-state index contributed by atoms with van der Waals surface area (Å²) in [6.07, 6.45) is 1.66. The second-order valence-corrected chi connectivity index (χ2v) is 5.97. The zero-order chi connectivity index (χ0) is 13.8. The average Bonchev–Trinajstić information content (AvgIpc) is 2.33. The molecule has 0 fully saturated rings. The first kappa shape index (κ1) is 14.2. The number of benzene rings is 2. The van der Waals surface area contributed by atoms with Gasteiger partial charge in [-0.05, 0) is 42.7 Å². The number of thiocarbonyl (C=S) groups is 1. The van der Waals surface area contributed by atoms with Gasteiger partial charge in [-0.3, -0.25) is 0 Å². The third-order valence-corrected chi connectivity index (χ3v) is 3.70. The van der Waals surface area contributed by atoms with E-state index in [1.807, 2.05) is 18.2 Å². The fourth-order valence-electron chi connectivity index (χ4n) is 2.19. The highest BCUT2D eigenvalue weighted by Gasteiger charge is 2.04. The minimum atomic E-state index is 0.770. The van der Waals surface area contributed by atoms with E-state index >= 15 is 0 Å². The van der Waals surface area contributed by atoms with Crippen LogP contribution >= 0.6 is 23.8 Å². The molecule has 0 heterocycles. The molecule has 0 N–H and O–H groups in total. The van der Waals surface area contributed by atoms with Gasteiger partial charge in [0, 0.05) is 22.7 Å². The molecule has 0 nitrogen and oxygen atoms in total. The summed E-state index contributed by atoms with van der Waals surface area (Å²) in [5.74, 6) is 0. The van der Waals surface area contributed by atoms with Crippen LogP contribution in [0.25, 0.3) is 0 Å². The summed E-state index contributed by atoms with van der Waals surface area (Å²) in [6.45, 7) is 4.26. The lowest BCUT2D eigenvalue weighted by Gasteiger charge is -2.08. The Balaban J connectivity index is 2.05. The summed E-state index contributed by atoms with van der Waals surface area (Å²) in [5.41, 5.74) is 5.11. The van der Waals surface area contributed by atoms with Crippen molar-refractivity contribution in [3.8, 4) is 0 Å². The fourth-order valence-corrected chi connectivity index (χ4v) is 2.73. The monoisotopic (exact) mass is 288 g/mol. The molecule has 0 aliphatic rings. The van der Waals surface area contributed by atoms with Gasteiger partial charge in [0.05, 0.1) is 0 Å². The van der Waals surface area contributed by atoms with Crippen molar-refractivity contribution < 1.29 is 0 Å². The lowest BCUT2D eigenvalue weighted by Crippen LogP contribution is -2.05. The molecule has 2 rings (SSSR count). The molecular weight excluding hydrogens is 272 g/mol. The van der Waals surface area contributed by atoms with Crippen molar-refractivity contribution in [3.05, 3.63) is 69.7 Å². The van der Waals surface area contributed by atoms with Crippen LogP contribution in [0.5, 0.6) is 0 Å². The second kappa shape index (κ2) is 6.31. The molecule has 0 spiro atoms. The maximum Gasteiger partial charge on any atom is 0.0408 e. The van der Waals surface area contributed by atoms with Crippen LogP contribution in [0, 0.1) is 13.8 Å². The van der Waals surface area contributed by atoms with Crippen molar-refractivity contribution in [2.75, 3.05) is 0 Å². The van der Waals surface area contributed by atoms with E-state index in [2.05, 4.69) is 38.1 Å². The molecule has 0 aliphatic carbocycles. The van der Waals surface area contributed by atoms with Gasteiger partial charge >= 0.3 is 0 Å². The van der Waals surface area contributed by atoms with Crippen LogP contribution in [-0.4, -0.2) is 4.86 Å². The Labute approximate surface area is 125 Å². The molecule has 2 aromatic rings. The van der Waals surface area contributed by atoms with Gasteiger partial charge in [0.2, 0.25) is 0 Å². The number of halogens is 1. The summed E-state index contributed by atoms with van der Waals surface area (Å²) < 4.78 is 0. The van der Waals surface area contributed by atoms with Crippen LogP contribution < -0.4 is 0 Å². The molecule has 0 atom stereocenters. The highest BCUT2D eigenvalue weighted by molar-refractivity contribution is 7.80. The van der Waals surface area contributed by atoms with E-state index in [4.69, 9.17) is 23.8 Å². The van der Waals surface area contributed by atoms with Crippen LogP contribution in [0.2, 0.25) is 5.02 Å². The molecule has 0 aliphatic heterocycles. The van der Waals surface area contributed by atoms with Gasteiger partial charge < -0.3 is 0 Å². The van der Waals surface area contributed by atoms with Gasteiger partial charge in [0.15, 0.2) is 0 Å². The van der Waals surface area contributed by atoms with Gasteiger partial charge in [-0.25, -0.2) is 0 Å². The maximum atomic E-state index is 5.99. The Kier molecular flexibility index (Phi) is 4.73. The topological polar surface area (TPSA) is 0 Å². The Morgan fingerprint density at radius 1 is 1.05 bits per heavy atom. The van der Waals surface area contributed by atoms with E-state index in [0.29, 0.717) is 0 Å². The molecule has 19 heavy (non-hydrogen) atoms. The van der Waals surface area contributed by atoms with E-state index in [-0.39, 0.29) is 0 Å². The first-order valence-corrected chi connectivity index (χ1v) is 7.15. The third-order valence-electron chi connectivity index (χ3n) is 3.18. The van der Waals surface area contributed by atoms with Gasteiger partial charge in [-0.2, -0.15) is 0 Å². The predicted octanol–water partition coefficient (Wildman–Crippen LogP) is 5.11. The van der Waals surface area contributed by atoms with Crippen molar-refractivity contribution in [2.24, 2.45) is 0 Å². The van der Waals surface area contributed by atoms with Crippen LogP contribution in [0.15, 0.2) is 42.5 Å². The fraction of sp³-hybridized carbons (Fsp3) is 0.235. The summed E-state index contributed by atoms with van der Waals surface area (Å²) >= 11 is 11.5. The van der Waals surface area contributed by atoms with Crippen LogP contribution in [0.3, 0.4) is 0 Å². The molecule has 2 heteroatoms. The lowest BCUT2D eigenvalue weighted by atomic mass is 9.99. The van der Waals surface area contributed by atoms with Crippen LogP contribution in [-0.2, 0) is 12.8 Å². The van der Waals surface area contributed by atoms with E-state index in [9.17, 15) is 0 Å². The molecule has 0 aromatic heterocycles. The SMILES string of the molecule is Cc1ccc(CC(=S)Cc2cccc(Cl)c2)c(C)c1. The van der Waals surface area contributed by atoms with Crippen LogP contribution in [0.4, 0.5) is 0 Å². The average molecular weight is 289 g/mol.